The largest absolute Gasteiger partial charge is 0.478 e. The predicted octanol–water partition coefficient (Wildman–Crippen LogP) is 1.48. The third-order valence-corrected chi connectivity index (χ3v) is 3.28. The lowest BCUT2D eigenvalue weighted by Gasteiger charge is -2.26. The maximum Gasteiger partial charge on any atom is 0.338 e. The first-order chi connectivity index (χ1) is 9.08. The molecule has 1 saturated heterocycles. The first-order valence-corrected chi connectivity index (χ1v) is 6.23. The average molecular weight is 267 g/mol. The van der Waals surface area contributed by atoms with Crippen molar-refractivity contribution >= 4 is 11.9 Å². The summed E-state index contributed by atoms with van der Waals surface area (Å²) >= 11 is 0. The summed E-state index contributed by atoms with van der Waals surface area (Å²) in [5.41, 5.74) is -0.0113. The van der Waals surface area contributed by atoms with E-state index in [1.165, 1.54) is 6.07 Å². The quantitative estimate of drug-likeness (QED) is 0.893. The number of ether oxygens (including phenoxy) is 1. The van der Waals surface area contributed by atoms with Crippen molar-refractivity contribution in [3.05, 3.63) is 23.7 Å². The van der Waals surface area contributed by atoms with Gasteiger partial charge in [0.25, 0.3) is 5.91 Å². The molecule has 1 fully saturated rings. The van der Waals surface area contributed by atoms with Gasteiger partial charge < -0.3 is 19.2 Å². The maximum atomic E-state index is 12.1. The molecule has 0 bridgehead atoms. The Morgan fingerprint density at radius 1 is 1.42 bits per heavy atom. The summed E-state index contributed by atoms with van der Waals surface area (Å²) < 4.78 is 10.3. The number of hydrogen-bond acceptors (Lipinski definition) is 4. The van der Waals surface area contributed by atoms with Crippen molar-refractivity contribution in [1.29, 1.82) is 0 Å². The zero-order chi connectivity index (χ0) is 13.8. The van der Waals surface area contributed by atoms with Crippen molar-refractivity contribution in [2.45, 2.75) is 12.8 Å². The summed E-state index contributed by atoms with van der Waals surface area (Å²) in [7, 11) is 1.70. The second-order valence-electron chi connectivity index (χ2n) is 4.75. The lowest BCUT2D eigenvalue weighted by Crippen LogP contribution is -2.34. The molecule has 2 heterocycles. The SMILES string of the molecule is CN(CC1CCOCC1)C(=O)c1cc(C(=O)O)co1. The molecule has 1 aromatic heterocycles. The van der Waals surface area contributed by atoms with Gasteiger partial charge >= 0.3 is 5.97 Å². The average Bonchev–Trinajstić information content (AvgIpc) is 2.88. The maximum absolute atomic E-state index is 12.1. The smallest absolute Gasteiger partial charge is 0.338 e. The van der Waals surface area contributed by atoms with Gasteiger partial charge in [0, 0.05) is 32.9 Å². The van der Waals surface area contributed by atoms with Crippen LogP contribution in [0.2, 0.25) is 0 Å². The van der Waals surface area contributed by atoms with Crippen molar-refractivity contribution in [3.8, 4) is 0 Å². The Labute approximate surface area is 110 Å². The molecular weight excluding hydrogens is 250 g/mol. The van der Waals surface area contributed by atoms with Crippen molar-refractivity contribution in [2.24, 2.45) is 5.92 Å². The fraction of sp³-hybridized carbons (Fsp3) is 0.538. The van der Waals surface area contributed by atoms with Crippen molar-refractivity contribution in [1.82, 2.24) is 4.90 Å². The number of amides is 1. The van der Waals surface area contributed by atoms with Gasteiger partial charge in [-0.2, -0.15) is 0 Å². The Morgan fingerprint density at radius 2 is 2.11 bits per heavy atom. The molecule has 0 atom stereocenters. The highest BCUT2D eigenvalue weighted by molar-refractivity contribution is 5.95. The van der Waals surface area contributed by atoms with Crippen LogP contribution >= 0.6 is 0 Å². The van der Waals surface area contributed by atoms with E-state index >= 15 is 0 Å². The van der Waals surface area contributed by atoms with Gasteiger partial charge in [0.15, 0.2) is 5.76 Å². The monoisotopic (exact) mass is 267 g/mol. The summed E-state index contributed by atoms with van der Waals surface area (Å²) in [4.78, 5) is 24.4. The molecule has 1 aliphatic heterocycles. The Kier molecular flexibility index (Phi) is 4.21. The molecule has 1 aromatic rings. The first-order valence-electron chi connectivity index (χ1n) is 6.23. The zero-order valence-electron chi connectivity index (χ0n) is 10.8. The molecule has 0 radical (unpaired) electrons. The van der Waals surface area contributed by atoms with E-state index in [9.17, 15) is 9.59 Å². The van der Waals surface area contributed by atoms with Crippen LogP contribution in [0.25, 0.3) is 0 Å². The van der Waals surface area contributed by atoms with Gasteiger partial charge in [-0.25, -0.2) is 4.79 Å². The van der Waals surface area contributed by atoms with Crippen LogP contribution in [0.1, 0.15) is 33.8 Å². The van der Waals surface area contributed by atoms with Gasteiger partial charge in [-0.05, 0) is 18.8 Å². The van der Waals surface area contributed by atoms with Crippen LogP contribution in [0.3, 0.4) is 0 Å². The number of hydrogen-bond donors (Lipinski definition) is 1. The standard InChI is InChI=1S/C13H17NO5/c1-14(7-9-2-4-18-5-3-9)12(15)11-6-10(8-19-11)13(16)17/h6,8-9H,2-5,7H2,1H3,(H,16,17). The summed E-state index contributed by atoms with van der Waals surface area (Å²) in [5, 5.41) is 8.78. The lowest BCUT2D eigenvalue weighted by molar-refractivity contribution is 0.0485. The van der Waals surface area contributed by atoms with Gasteiger partial charge in [0.2, 0.25) is 0 Å². The molecule has 1 amide bonds. The molecule has 104 valence electrons. The zero-order valence-corrected chi connectivity index (χ0v) is 10.8. The molecule has 6 heteroatoms. The van der Waals surface area contributed by atoms with Gasteiger partial charge in [0.05, 0.1) is 5.56 Å². The predicted molar refractivity (Wildman–Crippen MR) is 66.2 cm³/mol. The van der Waals surface area contributed by atoms with E-state index in [2.05, 4.69) is 0 Å². The molecule has 0 saturated carbocycles. The van der Waals surface area contributed by atoms with Crippen LogP contribution in [0.4, 0.5) is 0 Å². The highest BCUT2D eigenvalue weighted by Crippen LogP contribution is 2.17. The number of furan rings is 1. The minimum Gasteiger partial charge on any atom is -0.478 e. The van der Waals surface area contributed by atoms with Gasteiger partial charge in [-0.3, -0.25) is 4.79 Å². The topological polar surface area (TPSA) is 80.0 Å². The van der Waals surface area contributed by atoms with E-state index in [1.54, 1.807) is 11.9 Å². The number of carbonyl (C=O) groups is 2. The molecule has 2 rings (SSSR count). The number of aromatic carboxylic acids is 1. The Balaban J connectivity index is 1.95. The first kappa shape index (κ1) is 13.6. The van der Waals surface area contributed by atoms with Gasteiger partial charge in [0.1, 0.15) is 6.26 Å². The molecule has 6 nitrogen and oxygen atoms in total. The minimum atomic E-state index is -1.10. The molecule has 0 spiro atoms. The summed E-state index contributed by atoms with van der Waals surface area (Å²) in [6.07, 6.45) is 2.96. The van der Waals surface area contributed by atoms with Gasteiger partial charge in [-0.1, -0.05) is 0 Å². The number of carboxylic acid groups (broad SMARTS) is 1. The Hall–Kier alpha value is -1.82. The fourth-order valence-electron chi connectivity index (χ4n) is 2.15. The third kappa shape index (κ3) is 3.35. The van der Waals surface area contributed by atoms with E-state index in [1.807, 2.05) is 0 Å². The number of carboxylic acids is 1. The van der Waals surface area contributed by atoms with Crippen LogP contribution in [0.5, 0.6) is 0 Å². The van der Waals surface area contributed by atoms with Gasteiger partial charge in [-0.15, -0.1) is 0 Å². The van der Waals surface area contributed by atoms with E-state index in [0.29, 0.717) is 12.5 Å². The van der Waals surface area contributed by atoms with Crippen molar-refractivity contribution < 1.29 is 23.8 Å². The number of carbonyl (C=O) groups excluding carboxylic acids is 1. The van der Waals surface area contributed by atoms with E-state index in [-0.39, 0.29) is 17.2 Å². The molecule has 0 aliphatic carbocycles. The molecule has 19 heavy (non-hydrogen) atoms. The minimum absolute atomic E-state index is 0.0113. The third-order valence-electron chi connectivity index (χ3n) is 3.28. The van der Waals surface area contributed by atoms with Crippen LogP contribution in [0, 0.1) is 5.92 Å². The molecule has 0 aromatic carbocycles. The molecule has 1 aliphatic rings. The lowest BCUT2D eigenvalue weighted by atomic mass is 10.00. The van der Waals surface area contributed by atoms with E-state index in [0.717, 1.165) is 32.3 Å². The van der Waals surface area contributed by atoms with Crippen LogP contribution < -0.4 is 0 Å². The number of rotatable bonds is 4. The Bertz CT molecular complexity index is 461. The summed E-state index contributed by atoms with van der Waals surface area (Å²) in [5.74, 6) is -0.905. The Morgan fingerprint density at radius 3 is 2.68 bits per heavy atom. The normalized spacial score (nSPS) is 16.3. The van der Waals surface area contributed by atoms with E-state index < -0.39 is 5.97 Å². The van der Waals surface area contributed by atoms with Crippen LogP contribution in [-0.2, 0) is 4.74 Å². The van der Waals surface area contributed by atoms with E-state index in [4.69, 9.17) is 14.3 Å². The molecular formula is C13H17NO5. The van der Waals surface area contributed by atoms with Crippen molar-refractivity contribution in [3.63, 3.8) is 0 Å². The highest BCUT2D eigenvalue weighted by Gasteiger charge is 2.22. The second kappa shape index (κ2) is 5.88. The fourth-order valence-corrected chi connectivity index (χ4v) is 2.15. The van der Waals surface area contributed by atoms with Crippen molar-refractivity contribution in [2.75, 3.05) is 26.8 Å². The summed E-state index contributed by atoms with van der Waals surface area (Å²) in [6, 6.07) is 1.26. The number of nitrogens with zero attached hydrogens (tertiary/aromatic N) is 1. The second-order valence-corrected chi connectivity index (χ2v) is 4.75. The van der Waals surface area contributed by atoms with Crippen LogP contribution in [-0.4, -0.2) is 48.7 Å². The molecule has 1 N–H and O–H groups in total. The summed E-state index contributed by atoms with van der Waals surface area (Å²) in [6.45, 7) is 2.10. The van der Waals surface area contributed by atoms with Crippen LogP contribution in [0.15, 0.2) is 16.7 Å². The molecule has 0 unspecified atom stereocenters. The highest BCUT2D eigenvalue weighted by atomic mass is 16.5.